The van der Waals surface area contributed by atoms with E-state index in [1.165, 1.54) is 4.68 Å². The number of rotatable bonds is 4. The summed E-state index contributed by atoms with van der Waals surface area (Å²) in [6.45, 7) is 3.14. The second-order valence-corrected chi connectivity index (χ2v) is 8.60. The maximum atomic E-state index is 13.0. The summed E-state index contributed by atoms with van der Waals surface area (Å²) >= 11 is 3.18. The predicted octanol–water partition coefficient (Wildman–Crippen LogP) is 2.71. The molecule has 0 N–H and O–H groups in total. The highest BCUT2D eigenvalue weighted by Gasteiger charge is 2.19. The Balaban J connectivity index is 1.60. The fourth-order valence-electron chi connectivity index (χ4n) is 3.32. The van der Waals surface area contributed by atoms with Crippen molar-refractivity contribution in [2.45, 2.75) is 19.9 Å². The smallest absolute Gasteiger partial charge is 0.291 e. The Kier molecular flexibility index (Phi) is 3.80. The van der Waals surface area contributed by atoms with Gasteiger partial charge in [-0.2, -0.15) is 5.10 Å². The summed E-state index contributed by atoms with van der Waals surface area (Å²) in [6.07, 6.45) is 6.60. The summed E-state index contributed by atoms with van der Waals surface area (Å²) < 4.78 is 4.37. The van der Waals surface area contributed by atoms with Crippen molar-refractivity contribution in [3.05, 3.63) is 49.8 Å². The van der Waals surface area contributed by atoms with E-state index in [0.717, 1.165) is 50.0 Å². The van der Waals surface area contributed by atoms with Gasteiger partial charge in [-0.25, -0.2) is 14.6 Å². The normalized spacial score (nSPS) is 13.9. The fourth-order valence-corrected chi connectivity index (χ4v) is 5.04. The van der Waals surface area contributed by atoms with Gasteiger partial charge in [-0.15, -0.1) is 22.7 Å². The molecule has 1 aliphatic rings. The van der Waals surface area contributed by atoms with Crippen LogP contribution in [0.25, 0.3) is 21.3 Å². The molecule has 0 atom stereocenters. The number of aryl methyl sites for hydroxylation is 2. The minimum atomic E-state index is -0.114. The zero-order chi connectivity index (χ0) is 18.5. The van der Waals surface area contributed by atoms with Crippen LogP contribution in [0.15, 0.2) is 33.6 Å². The van der Waals surface area contributed by atoms with E-state index in [0.29, 0.717) is 12.1 Å². The van der Waals surface area contributed by atoms with Gasteiger partial charge in [0, 0.05) is 29.4 Å². The molecule has 0 aromatic carbocycles. The van der Waals surface area contributed by atoms with Gasteiger partial charge in [-0.1, -0.05) is 6.08 Å². The van der Waals surface area contributed by atoms with E-state index in [2.05, 4.69) is 21.2 Å². The van der Waals surface area contributed by atoms with Crippen molar-refractivity contribution in [2.75, 3.05) is 6.54 Å². The Bertz CT molecular complexity index is 1300. The van der Waals surface area contributed by atoms with Gasteiger partial charge in [0.1, 0.15) is 10.5 Å². The summed E-state index contributed by atoms with van der Waals surface area (Å²) in [5, 5.41) is 6.26. The van der Waals surface area contributed by atoms with Crippen LogP contribution in [0.4, 0.5) is 0 Å². The van der Waals surface area contributed by atoms with Crippen LogP contribution in [0.5, 0.6) is 0 Å². The molecular formula is C18H16N6OS2. The van der Waals surface area contributed by atoms with Gasteiger partial charge in [0.2, 0.25) is 0 Å². The van der Waals surface area contributed by atoms with Gasteiger partial charge in [0.15, 0.2) is 5.65 Å². The average Bonchev–Trinajstić information content (AvgIpc) is 3.41. The number of hydrogen-bond donors (Lipinski definition) is 0. The van der Waals surface area contributed by atoms with Gasteiger partial charge in [-0.05, 0) is 13.0 Å². The molecule has 0 spiro atoms. The number of hydrogen-bond acceptors (Lipinski definition) is 7. The van der Waals surface area contributed by atoms with Crippen molar-refractivity contribution < 1.29 is 0 Å². The van der Waals surface area contributed by atoms with Crippen LogP contribution in [-0.4, -0.2) is 36.6 Å². The minimum Gasteiger partial charge on any atom is -0.323 e. The lowest BCUT2D eigenvalue weighted by Gasteiger charge is -2.04. The third-order valence-corrected chi connectivity index (χ3v) is 6.63. The molecule has 4 aromatic heterocycles. The van der Waals surface area contributed by atoms with Crippen LogP contribution in [0.1, 0.15) is 15.6 Å². The fraction of sp³-hybridized carbons (Fsp3) is 0.278. The largest absolute Gasteiger partial charge is 0.323 e. The van der Waals surface area contributed by atoms with Gasteiger partial charge in [0.25, 0.3) is 5.56 Å². The Morgan fingerprint density at radius 1 is 1.33 bits per heavy atom. The molecule has 5 rings (SSSR count). The lowest BCUT2D eigenvalue weighted by Crippen LogP contribution is -2.24. The quantitative estimate of drug-likeness (QED) is 0.531. The first kappa shape index (κ1) is 16.5. The van der Waals surface area contributed by atoms with E-state index >= 15 is 0 Å². The zero-order valence-corrected chi connectivity index (χ0v) is 16.5. The molecule has 9 heteroatoms. The number of nitrogens with zero attached hydrogens (tertiary/aromatic N) is 6. The molecule has 0 amide bonds. The maximum Gasteiger partial charge on any atom is 0.291 e. The molecule has 0 unspecified atom stereocenters. The Labute approximate surface area is 162 Å². The Hall–Kier alpha value is -2.65. The molecule has 0 fully saturated rings. The molecule has 5 heterocycles. The van der Waals surface area contributed by atoms with Gasteiger partial charge >= 0.3 is 0 Å². The van der Waals surface area contributed by atoms with E-state index in [9.17, 15) is 4.79 Å². The standard InChI is InChI=1S/C18H16N6OS2/c1-10-13(20-9-26-10)8-24-18(25)15-12(7-21-24)16-17(23(15)2)22-14(27-16)6-11-4-3-5-19-11/h3-4,7,9H,5-6,8H2,1-2H3. The van der Waals surface area contributed by atoms with Crippen LogP contribution >= 0.6 is 22.7 Å². The molecule has 136 valence electrons. The van der Waals surface area contributed by atoms with E-state index in [1.54, 1.807) is 34.4 Å². The number of thiazole rings is 2. The molecule has 0 radical (unpaired) electrons. The van der Waals surface area contributed by atoms with Gasteiger partial charge in [0.05, 0.1) is 35.2 Å². The second kappa shape index (κ2) is 6.21. The first-order valence-corrected chi connectivity index (χ1v) is 10.2. The summed E-state index contributed by atoms with van der Waals surface area (Å²) in [5.41, 5.74) is 5.08. The SMILES string of the molecule is Cc1scnc1Cn1ncc2c3sc(CC4=NCC=C4)nc3n(C)c2c1=O. The first-order chi connectivity index (χ1) is 13.1. The van der Waals surface area contributed by atoms with Crippen molar-refractivity contribution >= 4 is 49.6 Å². The molecule has 0 saturated heterocycles. The first-order valence-electron chi connectivity index (χ1n) is 8.54. The van der Waals surface area contributed by atoms with E-state index in [1.807, 2.05) is 24.6 Å². The lowest BCUT2D eigenvalue weighted by molar-refractivity contribution is 0.633. The topological polar surface area (TPSA) is 78.0 Å². The van der Waals surface area contributed by atoms with Crippen LogP contribution in [-0.2, 0) is 20.0 Å². The third-order valence-electron chi connectivity index (χ3n) is 4.76. The van der Waals surface area contributed by atoms with Gasteiger partial charge in [-0.3, -0.25) is 9.79 Å². The molecule has 0 saturated carbocycles. The predicted molar refractivity (Wildman–Crippen MR) is 109 cm³/mol. The van der Waals surface area contributed by atoms with Crippen LogP contribution in [0.2, 0.25) is 0 Å². The number of aromatic nitrogens is 5. The van der Waals surface area contributed by atoms with Crippen molar-refractivity contribution in [3.8, 4) is 0 Å². The molecular weight excluding hydrogens is 380 g/mol. The highest BCUT2D eigenvalue weighted by Crippen LogP contribution is 2.31. The summed E-state index contributed by atoms with van der Waals surface area (Å²) in [7, 11) is 1.89. The maximum absolute atomic E-state index is 13.0. The van der Waals surface area contributed by atoms with E-state index in [-0.39, 0.29) is 5.56 Å². The van der Waals surface area contributed by atoms with Crippen LogP contribution in [0, 0.1) is 6.92 Å². The summed E-state index contributed by atoms with van der Waals surface area (Å²) in [4.78, 5) is 27.6. The third kappa shape index (κ3) is 2.65. The molecule has 7 nitrogen and oxygen atoms in total. The van der Waals surface area contributed by atoms with E-state index < -0.39 is 0 Å². The highest BCUT2D eigenvalue weighted by molar-refractivity contribution is 7.19. The van der Waals surface area contributed by atoms with Crippen LogP contribution < -0.4 is 5.56 Å². The van der Waals surface area contributed by atoms with Crippen molar-refractivity contribution in [1.82, 2.24) is 24.3 Å². The van der Waals surface area contributed by atoms with E-state index in [4.69, 9.17) is 4.98 Å². The minimum absolute atomic E-state index is 0.114. The Morgan fingerprint density at radius 3 is 2.96 bits per heavy atom. The molecule has 0 bridgehead atoms. The summed E-state index contributed by atoms with van der Waals surface area (Å²) in [6, 6.07) is 0. The molecule has 1 aliphatic heterocycles. The number of aliphatic imine (C=N–C) groups is 1. The number of fused-ring (bicyclic) bond motifs is 3. The molecule has 4 aromatic rings. The number of allylic oxidation sites excluding steroid dienone is 1. The lowest BCUT2D eigenvalue weighted by atomic mass is 10.3. The second-order valence-electron chi connectivity index (χ2n) is 6.46. The van der Waals surface area contributed by atoms with Crippen LogP contribution in [0.3, 0.4) is 0 Å². The Morgan fingerprint density at radius 2 is 2.22 bits per heavy atom. The summed E-state index contributed by atoms with van der Waals surface area (Å²) in [5.74, 6) is 0. The van der Waals surface area contributed by atoms with Crippen molar-refractivity contribution in [3.63, 3.8) is 0 Å². The average molecular weight is 397 g/mol. The van der Waals surface area contributed by atoms with Gasteiger partial charge < -0.3 is 4.57 Å². The molecule has 27 heavy (non-hydrogen) atoms. The zero-order valence-electron chi connectivity index (χ0n) is 14.8. The van der Waals surface area contributed by atoms with Crippen molar-refractivity contribution in [2.24, 2.45) is 12.0 Å². The highest BCUT2D eigenvalue weighted by atomic mass is 32.1. The monoisotopic (exact) mass is 396 g/mol. The van der Waals surface area contributed by atoms with Crippen molar-refractivity contribution in [1.29, 1.82) is 0 Å². The molecule has 0 aliphatic carbocycles.